The van der Waals surface area contributed by atoms with Crippen LogP contribution in [0, 0.1) is 0 Å². The lowest BCUT2D eigenvalue weighted by atomic mass is 9.79. The zero-order chi connectivity index (χ0) is 13.7. The minimum absolute atomic E-state index is 0.270. The van der Waals surface area contributed by atoms with Crippen LogP contribution in [-0.2, 0) is 4.65 Å². The zero-order valence-electron chi connectivity index (χ0n) is 10.5. The Labute approximate surface area is 121 Å². The van der Waals surface area contributed by atoms with Crippen molar-refractivity contribution in [1.82, 2.24) is 4.98 Å². The number of hydrogen-bond donors (Lipinski definition) is 2. The van der Waals surface area contributed by atoms with E-state index >= 15 is 0 Å². The van der Waals surface area contributed by atoms with Crippen LogP contribution in [0.2, 0.25) is 5.02 Å². The highest BCUT2D eigenvalue weighted by Crippen LogP contribution is 2.35. The Morgan fingerprint density at radius 1 is 1.15 bits per heavy atom. The number of aromatic amines is 1. The lowest BCUT2D eigenvalue weighted by molar-refractivity contribution is 0.228. The normalized spacial score (nSPS) is 17.7. The standard InChI is InChI=1S/C15H11BClNO2/c17-9-5-6-14-11(7-9)12(8-18-14)15-10-3-1-2-4-13(10)16(19)20-15/h1-8,15,18-19H. The van der Waals surface area contributed by atoms with Gasteiger partial charge >= 0.3 is 7.12 Å². The van der Waals surface area contributed by atoms with Crippen LogP contribution < -0.4 is 5.46 Å². The second-order valence-corrected chi connectivity index (χ2v) is 5.37. The number of H-pyrrole nitrogens is 1. The van der Waals surface area contributed by atoms with E-state index in [9.17, 15) is 5.02 Å². The van der Waals surface area contributed by atoms with E-state index in [-0.39, 0.29) is 6.10 Å². The summed E-state index contributed by atoms with van der Waals surface area (Å²) in [5, 5.41) is 11.7. The second kappa shape index (κ2) is 4.38. The van der Waals surface area contributed by atoms with Crippen LogP contribution in [0.3, 0.4) is 0 Å². The molecule has 1 aliphatic heterocycles. The molecule has 0 fully saturated rings. The van der Waals surface area contributed by atoms with Gasteiger partial charge in [0.25, 0.3) is 0 Å². The van der Waals surface area contributed by atoms with Gasteiger partial charge in [-0.05, 0) is 29.2 Å². The highest BCUT2D eigenvalue weighted by molar-refractivity contribution is 6.61. The Hall–Kier alpha value is -1.75. The maximum absolute atomic E-state index is 10.0. The Morgan fingerprint density at radius 2 is 2.00 bits per heavy atom. The van der Waals surface area contributed by atoms with Crippen LogP contribution in [0.5, 0.6) is 0 Å². The number of nitrogens with one attached hydrogen (secondary N) is 1. The van der Waals surface area contributed by atoms with Crippen molar-refractivity contribution in [3.63, 3.8) is 0 Å². The van der Waals surface area contributed by atoms with Crippen LogP contribution >= 0.6 is 11.6 Å². The van der Waals surface area contributed by atoms with Crippen LogP contribution in [0.25, 0.3) is 10.9 Å². The second-order valence-electron chi connectivity index (χ2n) is 4.93. The topological polar surface area (TPSA) is 45.2 Å². The molecule has 1 aliphatic rings. The van der Waals surface area contributed by atoms with E-state index in [2.05, 4.69) is 4.98 Å². The Kier molecular flexibility index (Phi) is 2.64. The van der Waals surface area contributed by atoms with Crippen molar-refractivity contribution >= 4 is 35.1 Å². The average Bonchev–Trinajstić information content (AvgIpc) is 3.00. The van der Waals surface area contributed by atoms with Gasteiger partial charge in [0, 0.05) is 27.7 Å². The van der Waals surface area contributed by atoms with E-state index in [1.165, 1.54) is 0 Å². The predicted octanol–water partition coefficient (Wildman–Crippen LogP) is 2.63. The number of rotatable bonds is 1. The first-order valence-electron chi connectivity index (χ1n) is 6.43. The molecular weight excluding hydrogens is 272 g/mol. The van der Waals surface area contributed by atoms with Crippen molar-refractivity contribution in [2.45, 2.75) is 6.10 Å². The zero-order valence-corrected chi connectivity index (χ0v) is 11.3. The van der Waals surface area contributed by atoms with Crippen molar-refractivity contribution in [2.75, 3.05) is 0 Å². The molecule has 0 aliphatic carbocycles. The molecule has 4 rings (SSSR count). The maximum Gasteiger partial charge on any atom is 0.492 e. The summed E-state index contributed by atoms with van der Waals surface area (Å²) in [5.41, 5.74) is 3.83. The summed E-state index contributed by atoms with van der Waals surface area (Å²) in [5.74, 6) is 0. The third-order valence-electron chi connectivity index (χ3n) is 3.77. The minimum Gasteiger partial charge on any atom is -0.423 e. The molecular formula is C15H11BClNO2. The number of hydrogen-bond acceptors (Lipinski definition) is 2. The Balaban J connectivity index is 1.91. The molecule has 0 saturated heterocycles. The molecule has 2 heterocycles. The van der Waals surface area contributed by atoms with Crippen molar-refractivity contribution in [1.29, 1.82) is 0 Å². The molecule has 5 heteroatoms. The molecule has 1 atom stereocenters. The molecule has 20 heavy (non-hydrogen) atoms. The van der Waals surface area contributed by atoms with Gasteiger partial charge in [0.1, 0.15) is 0 Å². The van der Waals surface area contributed by atoms with E-state index in [0.717, 1.165) is 27.5 Å². The monoisotopic (exact) mass is 283 g/mol. The third-order valence-corrected chi connectivity index (χ3v) is 4.00. The number of benzene rings is 2. The average molecular weight is 284 g/mol. The van der Waals surface area contributed by atoms with Gasteiger partial charge in [-0.15, -0.1) is 0 Å². The molecule has 0 saturated carbocycles. The fraction of sp³-hybridized carbons (Fsp3) is 0.0667. The first kappa shape index (κ1) is 12.0. The summed E-state index contributed by atoms with van der Waals surface area (Å²) >= 11 is 6.08. The fourth-order valence-corrected chi connectivity index (χ4v) is 2.99. The molecule has 0 radical (unpaired) electrons. The molecule has 1 aromatic heterocycles. The molecule has 0 spiro atoms. The molecule has 2 N–H and O–H groups in total. The summed E-state index contributed by atoms with van der Waals surface area (Å²) in [6.07, 6.45) is 1.65. The number of halogens is 1. The highest BCUT2D eigenvalue weighted by Gasteiger charge is 2.36. The molecule has 0 amide bonds. The Bertz CT molecular complexity index is 801. The lowest BCUT2D eigenvalue weighted by Crippen LogP contribution is -2.27. The molecule has 98 valence electrons. The van der Waals surface area contributed by atoms with Crippen molar-refractivity contribution < 1.29 is 9.68 Å². The third kappa shape index (κ3) is 1.69. The van der Waals surface area contributed by atoms with Gasteiger partial charge in [-0.25, -0.2) is 0 Å². The molecule has 2 aromatic carbocycles. The van der Waals surface area contributed by atoms with Gasteiger partial charge in [-0.3, -0.25) is 0 Å². The van der Waals surface area contributed by atoms with Gasteiger partial charge in [-0.2, -0.15) is 0 Å². The molecule has 3 nitrogen and oxygen atoms in total. The smallest absolute Gasteiger partial charge is 0.423 e. The largest absolute Gasteiger partial charge is 0.492 e. The van der Waals surface area contributed by atoms with E-state index < -0.39 is 7.12 Å². The Morgan fingerprint density at radius 3 is 2.90 bits per heavy atom. The van der Waals surface area contributed by atoms with Gasteiger partial charge in [0.2, 0.25) is 0 Å². The van der Waals surface area contributed by atoms with Crippen LogP contribution in [0.1, 0.15) is 17.2 Å². The van der Waals surface area contributed by atoms with Gasteiger partial charge in [-0.1, -0.05) is 35.9 Å². The summed E-state index contributed by atoms with van der Waals surface area (Å²) in [7, 11) is -0.875. The van der Waals surface area contributed by atoms with Crippen molar-refractivity contribution in [3.05, 3.63) is 64.8 Å². The summed E-state index contributed by atoms with van der Waals surface area (Å²) < 4.78 is 5.72. The SMILES string of the molecule is OB1OC(c2c[nH]c3ccc(Cl)cc23)c2ccccc21. The van der Waals surface area contributed by atoms with Gasteiger partial charge < -0.3 is 14.7 Å². The maximum atomic E-state index is 10.0. The summed E-state index contributed by atoms with van der Waals surface area (Å²) in [6, 6.07) is 13.4. The lowest BCUT2D eigenvalue weighted by Gasteiger charge is -2.11. The molecule has 3 aromatic rings. The number of fused-ring (bicyclic) bond motifs is 2. The van der Waals surface area contributed by atoms with E-state index in [1.807, 2.05) is 48.7 Å². The summed E-state index contributed by atoms with van der Waals surface area (Å²) in [6.45, 7) is 0. The summed E-state index contributed by atoms with van der Waals surface area (Å²) in [4.78, 5) is 3.22. The first-order valence-corrected chi connectivity index (χ1v) is 6.81. The van der Waals surface area contributed by atoms with Crippen LogP contribution in [-0.4, -0.2) is 17.1 Å². The van der Waals surface area contributed by atoms with E-state index in [4.69, 9.17) is 16.3 Å². The minimum atomic E-state index is -0.875. The van der Waals surface area contributed by atoms with E-state index in [0.29, 0.717) is 5.02 Å². The van der Waals surface area contributed by atoms with Crippen molar-refractivity contribution in [2.24, 2.45) is 0 Å². The van der Waals surface area contributed by atoms with Crippen LogP contribution in [0.4, 0.5) is 0 Å². The number of aromatic nitrogens is 1. The van der Waals surface area contributed by atoms with E-state index in [1.54, 1.807) is 0 Å². The predicted molar refractivity (Wildman–Crippen MR) is 80.3 cm³/mol. The quantitative estimate of drug-likeness (QED) is 0.674. The fourth-order valence-electron chi connectivity index (χ4n) is 2.82. The van der Waals surface area contributed by atoms with Gasteiger partial charge in [0.05, 0.1) is 6.10 Å². The molecule has 1 unspecified atom stereocenters. The van der Waals surface area contributed by atoms with Crippen molar-refractivity contribution in [3.8, 4) is 0 Å². The van der Waals surface area contributed by atoms with Gasteiger partial charge in [0.15, 0.2) is 0 Å². The van der Waals surface area contributed by atoms with Crippen LogP contribution in [0.15, 0.2) is 48.7 Å². The first-order chi connectivity index (χ1) is 9.74. The highest BCUT2D eigenvalue weighted by atomic mass is 35.5. The molecule has 0 bridgehead atoms.